The van der Waals surface area contributed by atoms with Crippen LogP contribution in [0.4, 0.5) is 4.79 Å². The maximum Gasteiger partial charge on any atom is 0.407 e. The Kier molecular flexibility index (Phi) is 4.38. The van der Waals surface area contributed by atoms with Crippen LogP contribution < -0.4 is 5.32 Å². The van der Waals surface area contributed by atoms with Gasteiger partial charge in [-0.3, -0.25) is 0 Å². The molecule has 1 fully saturated rings. The number of hydrogen-bond acceptors (Lipinski definition) is 3. The molecule has 0 radical (unpaired) electrons. The van der Waals surface area contributed by atoms with Crippen molar-refractivity contribution < 1.29 is 14.6 Å². The Labute approximate surface area is 98.4 Å². The zero-order valence-corrected chi connectivity index (χ0v) is 11.6. The summed E-state index contributed by atoms with van der Waals surface area (Å²) in [6.45, 7) is 10.1. The Hall–Kier alpha value is -0.553. The predicted octanol–water partition coefficient (Wildman–Crippen LogP) is 1.68. The van der Waals surface area contributed by atoms with Crippen molar-refractivity contribution in [3.8, 4) is 0 Å². The molecule has 1 rings (SSSR count). The van der Waals surface area contributed by atoms with Gasteiger partial charge in [0.2, 0.25) is 0 Å². The van der Waals surface area contributed by atoms with E-state index in [4.69, 9.17) is 9.84 Å². The Morgan fingerprint density at radius 3 is 2.50 bits per heavy atom. The van der Waals surface area contributed by atoms with Crippen LogP contribution in [-0.4, -0.2) is 39.0 Å². The molecule has 0 saturated heterocycles. The molecule has 3 atom stereocenters. The number of ether oxygens (including phenoxy) is 1. The van der Waals surface area contributed by atoms with Crippen molar-refractivity contribution in [2.75, 3.05) is 19.8 Å². The summed E-state index contributed by atoms with van der Waals surface area (Å²) < 4.78 is 5.12. The molecule has 1 aliphatic carbocycles. The standard InChI is InChI=1S/C11H23NO3Si/c1-8-9(10(8)16(2,3)4)7-15-11(14)12-5-6-13/h8-10,13H,5-7H2,1-4H3,(H,12,14). The molecule has 94 valence electrons. The zero-order chi connectivity index (χ0) is 12.3. The van der Waals surface area contributed by atoms with Crippen LogP contribution in [0.2, 0.25) is 25.2 Å². The molecular formula is C11H23NO3Si. The van der Waals surface area contributed by atoms with Crippen molar-refractivity contribution >= 4 is 14.2 Å². The van der Waals surface area contributed by atoms with Gasteiger partial charge in [-0.1, -0.05) is 26.6 Å². The fourth-order valence-electron chi connectivity index (χ4n) is 2.61. The average Bonchev–Trinajstić information content (AvgIpc) is 2.82. The van der Waals surface area contributed by atoms with Gasteiger partial charge in [0.1, 0.15) is 0 Å². The molecule has 0 heterocycles. The smallest absolute Gasteiger partial charge is 0.407 e. The Morgan fingerprint density at radius 1 is 1.44 bits per heavy atom. The van der Waals surface area contributed by atoms with Gasteiger partial charge in [0.15, 0.2) is 0 Å². The van der Waals surface area contributed by atoms with E-state index in [1.807, 2.05) is 0 Å². The molecule has 0 aromatic heterocycles. The molecule has 0 aromatic rings. The Morgan fingerprint density at radius 2 is 2.06 bits per heavy atom. The van der Waals surface area contributed by atoms with E-state index >= 15 is 0 Å². The second-order valence-corrected chi connectivity index (χ2v) is 11.1. The van der Waals surface area contributed by atoms with Crippen molar-refractivity contribution in [3.63, 3.8) is 0 Å². The normalized spacial score (nSPS) is 28.7. The maximum absolute atomic E-state index is 11.2. The number of carbonyl (C=O) groups excluding carboxylic acids is 1. The third kappa shape index (κ3) is 3.49. The fraction of sp³-hybridized carbons (Fsp3) is 0.909. The number of hydrogen-bond donors (Lipinski definition) is 2. The van der Waals surface area contributed by atoms with Gasteiger partial charge in [-0.15, -0.1) is 0 Å². The van der Waals surface area contributed by atoms with E-state index in [-0.39, 0.29) is 13.2 Å². The summed E-state index contributed by atoms with van der Waals surface area (Å²) >= 11 is 0. The van der Waals surface area contributed by atoms with Crippen LogP contribution in [0.1, 0.15) is 6.92 Å². The minimum Gasteiger partial charge on any atom is -0.449 e. The van der Waals surface area contributed by atoms with Gasteiger partial charge in [0.25, 0.3) is 0 Å². The predicted molar refractivity (Wildman–Crippen MR) is 66.2 cm³/mol. The average molecular weight is 245 g/mol. The molecule has 16 heavy (non-hydrogen) atoms. The van der Waals surface area contributed by atoms with Crippen LogP contribution >= 0.6 is 0 Å². The minimum absolute atomic E-state index is 0.0491. The summed E-state index contributed by atoms with van der Waals surface area (Å²) in [4.78, 5) is 11.2. The van der Waals surface area contributed by atoms with Gasteiger partial charge in [-0.05, 0) is 17.4 Å². The highest BCUT2D eigenvalue weighted by Crippen LogP contribution is 2.57. The lowest BCUT2D eigenvalue weighted by Crippen LogP contribution is -2.28. The van der Waals surface area contributed by atoms with Gasteiger partial charge < -0.3 is 15.2 Å². The number of alkyl carbamates (subject to hydrolysis) is 1. The van der Waals surface area contributed by atoms with Crippen molar-refractivity contribution in [2.24, 2.45) is 11.8 Å². The maximum atomic E-state index is 11.2. The van der Waals surface area contributed by atoms with E-state index in [1.165, 1.54) is 0 Å². The SMILES string of the molecule is CC1C(COC(=O)NCCO)C1[Si](C)(C)C. The molecule has 5 heteroatoms. The second kappa shape index (κ2) is 5.18. The first-order chi connectivity index (χ1) is 7.38. The highest BCUT2D eigenvalue weighted by atomic mass is 28.3. The third-order valence-corrected chi connectivity index (χ3v) is 6.30. The van der Waals surface area contributed by atoms with E-state index in [2.05, 4.69) is 31.9 Å². The third-order valence-electron chi connectivity index (χ3n) is 3.35. The minimum atomic E-state index is -1.10. The molecule has 0 bridgehead atoms. The van der Waals surface area contributed by atoms with Crippen molar-refractivity contribution in [2.45, 2.75) is 32.1 Å². The Bertz CT molecular complexity index is 252. The highest BCUT2D eigenvalue weighted by Gasteiger charge is 2.53. The van der Waals surface area contributed by atoms with E-state index in [9.17, 15) is 4.79 Å². The molecule has 1 aliphatic rings. The topological polar surface area (TPSA) is 58.6 Å². The molecular weight excluding hydrogens is 222 g/mol. The lowest BCUT2D eigenvalue weighted by Gasteiger charge is -2.15. The summed E-state index contributed by atoms with van der Waals surface area (Å²) in [5.41, 5.74) is 0.776. The van der Waals surface area contributed by atoms with Crippen LogP contribution in [0, 0.1) is 11.8 Å². The molecule has 2 N–H and O–H groups in total. The molecule has 0 spiro atoms. The molecule has 4 nitrogen and oxygen atoms in total. The highest BCUT2D eigenvalue weighted by molar-refractivity contribution is 6.78. The summed E-state index contributed by atoms with van der Waals surface area (Å²) in [5.74, 6) is 1.24. The zero-order valence-electron chi connectivity index (χ0n) is 10.6. The Balaban J connectivity index is 2.23. The number of rotatable bonds is 5. The van der Waals surface area contributed by atoms with Crippen LogP contribution in [0.5, 0.6) is 0 Å². The van der Waals surface area contributed by atoms with Gasteiger partial charge in [-0.25, -0.2) is 4.79 Å². The first kappa shape index (κ1) is 13.5. The molecule has 1 amide bonds. The van der Waals surface area contributed by atoms with E-state index in [1.54, 1.807) is 0 Å². The first-order valence-electron chi connectivity index (χ1n) is 5.89. The van der Waals surface area contributed by atoms with Gasteiger partial charge in [0.05, 0.1) is 13.2 Å². The number of nitrogens with one attached hydrogen (secondary N) is 1. The lowest BCUT2D eigenvalue weighted by atomic mass is 10.4. The summed E-state index contributed by atoms with van der Waals surface area (Å²) in [5, 5.41) is 11.0. The van der Waals surface area contributed by atoms with Crippen molar-refractivity contribution in [1.29, 1.82) is 0 Å². The van der Waals surface area contributed by atoms with Crippen LogP contribution in [0.25, 0.3) is 0 Å². The van der Waals surface area contributed by atoms with E-state index in [0.29, 0.717) is 18.4 Å². The molecule has 3 unspecified atom stereocenters. The van der Waals surface area contributed by atoms with Crippen molar-refractivity contribution in [3.05, 3.63) is 0 Å². The van der Waals surface area contributed by atoms with Gasteiger partial charge >= 0.3 is 6.09 Å². The van der Waals surface area contributed by atoms with Crippen molar-refractivity contribution in [1.82, 2.24) is 5.32 Å². The summed E-state index contributed by atoms with van der Waals surface area (Å²) in [7, 11) is -1.10. The van der Waals surface area contributed by atoms with Gasteiger partial charge in [0, 0.05) is 14.6 Å². The number of carbonyl (C=O) groups is 1. The number of aliphatic hydroxyl groups is 1. The summed E-state index contributed by atoms with van der Waals surface area (Å²) in [6.07, 6.45) is -0.414. The largest absolute Gasteiger partial charge is 0.449 e. The van der Waals surface area contributed by atoms with Crippen LogP contribution in [-0.2, 0) is 4.74 Å². The first-order valence-corrected chi connectivity index (χ1v) is 9.47. The van der Waals surface area contributed by atoms with Crippen LogP contribution in [0.3, 0.4) is 0 Å². The quantitative estimate of drug-likeness (QED) is 0.725. The second-order valence-electron chi connectivity index (χ2n) is 5.66. The van der Waals surface area contributed by atoms with E-state index < -0.39 is 14.2 Å². The summed E-state index contributed by atoms with van der Waals surface area (Å²) in [6, 6.07) is 0. The fourth-order valence-corrected chi connectivity index (χ4v) is 6.01. The molecule has 0 aromatic carbocycles. The lowest BCUT2D eigenvalue weighted by molar-refractivity contribution is 0.137. The monoisotopic (exact) mass is 245 g/mol. The number of aliphatic hydroxyl groups excluding tert-OH is 1. The van der Waals surface area contributed by atoms with Gasteiger partial charge in [-0.2, -0.15) is 0 Å². The molecule has 0 aliphatic heterocycles. The van der Waals surface area contributed by atoms with E-state index in [0.717, 1.165) is 5.54 Å². The number of amides is 1. The van der Waals surface area contributed by atoms with Crippen LogP contribution in [0.15, 0.2) is 0 Å². The molecule has 1 saturated carbocycles.